The lowest BCUT2D eigenvalue weighted by Gasteiger charge is -2.29. The normalized spacial score (nSPS) is 14.4. The smallest absolute Gasteiger partial charge is 0.269 e. The minimum atomic E-state index is -1.35. The predicted octanol–water partition coefficient (Wildman–Crippen LogP) is 4.03. The highest BCUT2D eigenvalue weighted by molar-refractivity contribution is 5.80. The summed E-state index contributed by atoms with van der Waals surface area (Å²) in [7, 11) is 0. The van der Waals surface area contributed by atoms with Crippen LogP contribution in [0.15, 0.2) is 84.9 Å². The average Bonchev–Trinajstić information content (AvgIpc) is 2.83. The maximum atomic E-state index is 13.0. The van der Waals surface area contributed by atoms with Gasteiger partial charge in [0.25, 0.3) is 5.69 Å². The molecular formula is C25H23N3O4. The number of amides is 1. The molecule has 0 fully saturated rings. The third-order valence-electron chi connectivity index (χ3n) is 5.46. The molecule has 2 N–H and O–H groups in total. The Labute approximate surface area is 186 Å². The van der Waals surface area contributed by atoms with E-state index in [0.717, 1.165) is 0 Å². The number of carbonyl (C=O) groups is 1. The molecule has 7 nitrogen and oxygen atoms in total. The Bertz CT molecular complexity index is 1110. The van der Waals surface area contributed by atoms with Crippen LogP contribution in [0.5, 0.6) is 0 Å². The molecule has 0 heterocycles. The van der Waals surface area contributed by atoms with Gasteiger partial charge in [-0.2, -0.15) is 5.26 Å². The molecule has 0 aliphatic rings. The molecule has 7 heteroatoms. The van der Waals surface area contributed by atoms with Crippen LogP contribution in [0.4, 0.5) is 5.69 Å². The zero-order valence-electron chi connectivity index (χ0n) is 17.5. The third kappa shape index (κ3) is 4.82. The van der Waals surface area contributed by atoms with Crippen molar-refractivity contribution in [3.8, 4) is 6.07 Å². The molecule has 3 atom stereocenters. The van der Waals surface area contributed by atoms with Crippen LogP contribution in [0.2, 0.25) is 0 Å². The minimum absolute atomic E-state index is 0.0993. The minimum Gasteiger partial charge on any atom is -0.386 e. The lowest BCUT2D eigenvalue weighted by molar-refractivity contribution is -0.384. The topological polar surface area (TPSA) is 116 Å². The molecule has 0 spiro atoms. The van der Waals surface area contributed by atoms with Gasteiger partial charge in [-0.1, -0.05) is 72.8 Å². The first-order valence-corrected chi connectivity index (χ1v) is 10.1. The second-order valence-corrected chi connectivity index (χ2v) is 7.58. The number of nitro benzene ring substituents is 1. The Morgan fingerprint density at radius 2 is 1.56 bits per heavy atom. The highest BCUT2D eigenvalue weighted by Gasteiger charge is 2.38. The number of hydrogen-bond donors (Lipinski definition) is 2. The van der Waals surface area contributed by atoms with E-state index >= 15 is 0 Å². The number of aliphatic hydroxyl groups excluding tert-OH is 1. The van der Waals surface area contributed by atoms with Gasteiger partial charge in [0.2, 0.25) is 5.91 Å². The second kappa shape index (κ2) is 9.86. The number of nitrogens with one attached hydrogen (secondary N) is 1. The molecule has 0 radical (unpaired) electrons. The van der Waals surface area contributed by atoms with Gasteiger partial charge < -0.3 is 10.4 Å². The van der Waals surface area contributed by atoms with Crippen molar-refractivity contribution in [1.29, 1.82) is 5.26 Å². The van der Waals surface area contributed by atoms with Gasteiger partial charge in [0.1, 0.15) is 5.41 Å². The number of benzene rings is 3. The van der Waals surface area contributed by atoms with E-state index in [1.165, 1.54) is 24.3 Å². The maximum absolute atomic E-state index is 13.0. The zero-order chi connectivity index (χ0) is 23.1. The van der Waals surface area contributed by atoms with E-state index in [2.05, 4.69) is 11.4 Å². The average molecular weight is 429 g/mol. The second-order valence-electron chi connectivity index (χ2n) is 7.58. The van der Waals surface area contributed by atoms with Crippen molar-refractivity contribution in [3.63, 3.8) is 0 Å². The molecule has 0 aromatic heterocycles. The third-order valence-corrected chi connectivity index (χ3v) is 5.46. The predicted molar refractivity (Wildman–Crippen MR) is 120 cm³/mol. The Morgan fingerprint density at radius 3 is 2.09 bits per heavy atom. The number of nitro groups is 1. The van der Waals surface area contributed by atoms with E-state index in [0.29, 0.717) is 16.7 Å². The molecule has 3 unspecified atom stereocenters. The molecule has 1 amide bonds. The fraction of sp³-hybridized carbons (Fsp3) is 0.200. The summed E-state index contributed by atoms with van der Waals surface area (Å²) in [5.74, 6) is -0.420. The van der Waals surface area contributed by atoms with Crippen LogP contribution >= 0.6 is 0 Å². The Morgan fingerprint density at radius 1 is 1.03 bits per heavy atom. The van der Waals surface area contributed by atoms with E-state index in [-0.39, 0.29) is 12.1 Å². The molecule has 3 aromatic rings. The summed E-state index contributed by atoms with van der Waals surface area (Å²) < 4.78 is 0. The summed E-state index contributed by atoms with van der Waals surface area (Å²) in [4.78, 5) is 23.5. The molecule has 3 aromatic carbocycles. The van der Waals surface area contributed by atoms with Crippen LogP contribution in [0, 0.1) is 21.4 Å². The number of hydrogen-bond acceptors (Lipinski definition) is 5. The molecule has 162 valence electrons. The molecule has 32 heavy (non-hydrogen) atoms. The van der Waals surface area contributed by atoms with Crippen molar-refractivity contribution in [3.05, 3.63) is 112 Å². The van der Waals surface area contributed by atoms with Crippen molar-refractivity contribution >= 4 is 11.6 Å². The van der Waals surface area contributed by atoms with Gasteiger partial charge in [0.05, 0.1) is 29.6 Å². The molecule has 0 saturated carbocycles. The van der Waals surface area contributed by atoms with Gasteiger partial charge in [-0.05, 0) is 23.6 Å². The highest BCUT2D eigenvalue weighted by Crippen LogP contribution is 2.36. The monoisotopic (exact) mass is 429 g/mol. The van der Waals surface area contributed by atoms with Gasteiger partial charge in [-0.3, -0.25) is 14.9 Å². The maximum Gasteiger partial charge on any atom is 0.269 e. The molecule has 0 aliphatic carbocycles. The summed E-state index contributed by atoms with van der Waals surface area (Å²) in [6.07, 6.45) is -1.12. The number of non-ortho nitro benzene ring substituents is 1. The molecule has 0 aliphatic heterocycles. The SMILES string of the molecule is CC(NC(=O)CC(C#N)(c1ccccc1)c1ccc([N+](=O)[O-])cc1)C(O)c1ccccc1. The lowest BCUT2D eigenvalue weighted by Crippen LogP contribution is -2.41. The van der Waals surface area contributed by atoms with Gasteiger partial charge >= 0.3 is 0 Å². The van der Waals surface area contributed by atoms with Crippen molar-refractivity contribution in [1.82, 2.24) is 5.32 Å². The van der Waals surface area contributed by atoms with E-state index < -0.39 is 28.4 Å². The van der Waals surface area contributed by atoms with Crippen molar-refractivity contribution < 1.29 is 14.8 Å². The van der Waals surface area contributed by atoms with E-state index in [9.17, 15) is 25.3 Å². The molecule has 0 saturated heterocycles. The van der Waals surface area contributed by atoms with Crippen molar-refractivity contribution in [2.75, 3.05) is 0 Å². The quantitative estimate of drug-likeness (QED) is 0.414. The first kappa shape index (κ1) is 22.7. The summed E-state index contributed by atoms with van der Waals surface area (Å²) in [5, 5.41) is 34.6. The van der Waals surface area contributed by atoms with Gasteiger partial charge in [0, 0.05) is 12.1 Å². The van der Waals surface area contributed by atoms with Crippen LogP contribution in [0.25, 0.3) is 0 Å². The molecule has 0 bridgehead atoms. The van der Waals surface area contributed by atoms with Gasteiger partial charge in [0.15, 0.2) is 0 Å². The largest absolute Gasteiger partial charge is 0.386 e. The van der Waals surface area contributed by atoms with Crippen molar-refractivity contribution in [2.45, 2.75) is 30.9 Å². The summed E-state index contributed by atoms with van der Waals surface area (Å²) in [5.41, 5.74) is 0.298. The summed E-state index contributed by atoms with van der Waals surface area (Å²) in [6, 6.07) is 25.2. The summed E-state index contributed by atoms with van der Waals surface area (Å²) >= 11 is 0. The van der Waals surface area contributed by atoms with E-state index in [4.69, 9.17) is 0 Å². The summed E-state index contributed by atoms with van der Waals surface area (Å²) in [6.45, 7) is 1.69. The molecule has 3 rings (SSSR count). The number of carbonyl (C=O) groups excluding carboxylic acids is 1. The standard InChI is InChI=1S/C25H23N3O4/c1-18(24(30)19-8-4-2-5-9-19)27-23(29)16-25(17-26,20-10-6-3-7-11-20)21-12-14-22(15-13-21)28(31)32/h2-15,18,24,30H,16H2,1H3,(H,27,29). The Balaban J connectivity index is 1.90. The molecular weight excluding hydrogens is 406 g/mol. The lowest BCUT2D eigenvalue weighted by atomic mass is 9.73. The fourth-order valence-corrected chi connectivity index (χ4v) is 3.69. The first-order chi connectivity index (χ1) is 15.4. The van der Waals surface area contributed by atoms with E-state index in [1.807, 2.05) is 6.07 Å². The van der Waals surface area contributed by atoms with Gasteiger partial charge in [-0.15, -0.1) is 0 Å². The highest BCUT2D eigenvalue weighted by atomic mass is 16.6. The van der Waals surface area contributed by atoms with Crippen LogP contribution in [-0.4, -0.2) is 22.0 Å². The number of aliphatic hydroxyl groups is 1. The van der Waals surface area contributed by atoms with E-state index in [1.54, 1.807) is 61.5 Å². The van der Waals surface area contributed by atoms with Crippen LogP contribution < -0.4 is 5.32 Å². The van der Waals surface area contributed by atoms with Crippen LogP contribution in [0.1, 0.15) is 36.1 Å². The Hall–Kier alpha value is -4.02. The first-order valence-electron chi connectivity index (χ1n) is 10.1. The number of rotatable bonds is 8. The number of nitriles is 1. The van der Waals surface area contributed by atoms with Gasteiger partial charge in [-0.25, -0.2) is 0 Å². The Kier molecular flexibility index (Phi) is 6.98. The zero-order valence-corrected chi connectivity index (χ0v) is 17.5. The number of nitrogens with zero attached hydrogens (tertiary/aromatic N) is 2. The van der Waals surface area contributed by atoms with Crippen LogP contribution in [-0.2, 0) is 10.2 Å². The van der Waals surface area contributed by atoms with Crippen molar-refractivity contribution in [2.24, 2.45) is 0 Å². The van der Waals surface area contributed by atoms with Crippen LogP contribution in [0.3, 0.4) is 0 Å². The fourth-order valence-electron chi connectivity index (χ4n) is 3.69.